The van der Waals surface area contributed by atoms with Gasteiger partial charge in [0.2, 0.25) is 0 Å². The van der Waals surface area contributed by atoms with E-state index in [1.54, 1.807) is 0 Å². The van der Waals surface area contributed by atoms with Crippen molar-refractivity contribution in [2.45, 2.75) is 32.1 Å². The fourth-order valence-corrected chi connectivity index (χ4v) is 3.76. The Labute approximate surface area is 116 Å². The summed E-state index contributed by atoms with van der Waals surface area (Å²) in [5.41, 5.74) is 0. The smallest absolute Gasteiger partial charge is 0.193 e. The minimum Gasteiger partial charge on any atom is -0.356 e. The van der Waals surface area contributed by atoms with Crippen molar-refractivity contribution in [1.82, 2.24) is 10.2 Å². The normalized spacial score (nSPS) is 28.3. The first-order chi connectivity index (χ1) is 8.85. The van der Waals surface area contributed by atoms with E-state index in [2.05, 4.69) is 21.5 Å². The number of nitrogens with one attached hydrogen (secondary N) is 1. The molecule has 4 heteroatoms. The van der Waals surface area contributed by atoms with Gasteiger partial charge in [0.15, 0.2) is 5.96 Å². The average Bonchev–Trinajstić information content (AvgIpc) is 2.82. The Morgan fingerprint density at radius 2 is 1.94 bits per heavy atom. The molecule has 104 valence electrons. The van der Waals surface area contributed by atoms with Crippen molar-refractivity contribution in [2.75, 3.05) is 38.7 Å². The van der Waals surface area contributed by atoms with Crippen LogP contribution >= 0.6 is 11.8 Å². The average molecular weight is 269 g/mol. The van der Waals surface area contributed by atoms with Gasteiger partial charge in [0.25, 0.3) is 0 Å². The number of thioether (sulfide) groups is 1. The Morgan fingerprint density at radius 1 is 1.28 bits per heavy atom. The number of fused-ring (bicyclic) bond motifs is 1. The number of hydrogen-bond donors (Lipinski definition) is 1. The highest BCUT2D eigenvalue weighted by Crippen LogP contribution is 2.35. The molecular formula is C14H27N3S. The van der Waals surface area contributed by atoms with Gasteiger partial charge in [-0.3, -0.25) is 4.99 Å². The minimum absolute atomic E-state index is 0.934. The van der Waals surface area contributed by atoms with E-state index in [9.17, 15) is 0 Å². The zero-order chi connectivity index (χ0) is 12.8. The molecule has 3 nitrogen and oxygen atoms in total. The Kier molecular flexibility index (Phi) is 5.67. The van der Waals surface area contributed by atoms with Gasteiger partial charge in [-0.2, -0.15) is 11.8 Å². The van der Waals surface area contributed by atoms with Crippen molar-refractivity contribution in [1.29, 1.82) is 0 Å². The summed E-state index contributed by atoms with van der Waals surface area (Å²) < 4.78 is 0. The van der Waals surface area contributed by atoms with E-state index in [0.29, 0.717) is 0 Å². The molecule has 0 amide bonds. The van der Waals surface area contributed by atoms with Gasteiger partial charge in [-0.05, 0) is 43.1 Å². The Morgan fingerprint density at radius 3 is 2.50 bits per heavy atom. The highest BCUT2D eigenvalue weighted by atomic mass is 32.2. The standard InChI is InChI=1S/C14H27N3S/c1-15-14(16-8-5-9-18-2)17-10-12-6-3-4-7-13(12)11-17/h12-13H,3-11H2,1-2H3,(H,15,16). The third-order valence-corrected chi connectivity index (χ3v) is 4.99. The summed E-state index contributed by atoms with van der Waals surface area (Å²) in [5, 5.41) is 3.52. The molecule has 1 saturated heterocycles. The van der Waals surface area contributed by atoms with Crippen molar-refractivity contribution in [2.24, 2.45) is 16.8 Å². The molecule has 1 aliphatic carbocycles. The SMILES string of the molecule is CN=C(NCCCSC)N1CC2CCCCC2C1. The van der Waals surface area contributed by atoms with E-state index < -0.39 is 0 Å². The monoisotopic (exact) mass is 269 g/mol. The van der Waals surface area contributed by atoms with Crippen LogP contribution in [0.3, 0.4) is 0 Å². The minimum atomic E-state index is 0.934. The van der Waals surface area contributed by atoms with E-state index in [4.69, 9.17) is 0 Å². The summed E-state index contributed by atoms with van der Waals surface area (Å²) in [5.74, 6) is 4.23. The first kappa shape index (κ1) is 14.0. The molecule has 1 aliphatic heterocycles. The predicted molar refractivity (Wildman–Crippen MR) is 81.4 cm³/mol. The van der Waals surface area contributed by atoms with Gasteiger partial charge in [0.1, 0.15) is 0 Å². The molecular weight excluding hydrogens is 242 g/mol. The first-order valence-corrected chi connectivity index (χ1v) is 8.69. The number of aliphatic imine (C=N–C) groups is 1. The third-order valence-electron chi connectivity index (χ3n) is 4.30. The van der Waals surface area contributed by atoms with E-state index >= 15 is 0 Å². The van der Waals surface area contributed by atoms with Gasteiger partial charge in [0.05, 0.1) is 0 Å². The zero-order valence-corrected chi connectivity index (χ0v) is 12.6. The molecule has 0 aromatic carbocycles. The maximum atomic E-state index is 4.45. The molecule has 0 radical (unpaired) electrons. The predicted octanol–water partition coefficient (Wildman–Crippen LogP) is 2.44. The van der Waals surface area contributed by atoms with Gasteiger partial charge in [-0.15, -0.1) is 0 Å². The fraction of sp³-hybridized carbons (Fsp3) is 0.929. The van der Waals surface area contributed by atoms with Crippen LogP contribution < -0.4 is 5.32 Å². The van der Waals surface area contributed by atoms with Crippen LogP contribution in [-0.4, -0.2) is 49.6 Å². The Bertz CT molecular complexity index is 266. The van der Waals surface area contributed by atoms with Crippen molar-refractivity contribution in [3.8, 4) is 0 Å². The van der Waals surface area contributed by atoms with Crippen LogP contribution in [0.2, 0.25) is 0 Å². The fourth-order valence-electron chi connectivity index (χ4n) is 3.33. The molecule has 2 fully saturated rings. The molecule has 2 atom stereocenters. The second kappa shape index (κ2) is 7.27. The van der Waals surface area contributed by atoms with Crippen LogP contribution in [0.15, 0.2) is 4.99 Å². The molecule has 18 heavy (non-hydrogen) atoms. The van der Waals surface area contributed by atoms with Crippen LogP contribution in [0.25, 0.3) is 0 Å². The summed E-state index contributed by atoms with van der Waals surface area (Å²) in [6, 6.07) is 0. The zero-order valence-electron chi connectivity index (χ0n) is 11.8. The lowest BCUT2D eigenvalue weighted by Gasteiger charge is -2.22. The van der Waals surface area contributed by atoms with Crippen LogP contribution in [0.5, 0.6) is 0 Å². The molecule has 0 aromatic heterocycles. The topological polar surface area (TPSA) is 27.6 Å². The quantitative estimate of drug-likeness (QED) is 0.482. The summed E-state index contributed by atoms with van der Waals surface area (Å²) in [6.07, 6.45) is 9.14. The largest absolute Gasteiger partial charge is 0.356 e. The first-order valence-electron chi connectivity index (χ1n) is 7.29. The Balaban J connectivity index is 1.78. The van der Waals surface area contributed by atoms with Crippen LogP contribution in [0.1, 0.15) is 32.1 Å². The second-order valence-corrected chi connectivity index (χ2v) is 6.52. The van der Waals surface area contributed by atoms with Crippen LogP contribution in [0.4, 0.5) is 0 Å². The van der Waals surface area contributed by atoms with Crippen molar-refractivity contribution in [3.05, 3.63) is 0 Å². The maximum Gasteiger partial charge on any atom is 0.193 e. The van der Waals surface area contributed by atoms with Crippen molar-refractivity contribution >= 4 is 17.7 Å². The van der Waals surface area contributed by atoms with E-state index in [1.165, 1.54) is 50.9 Å². The van der Waals surface area contributed by atoms with Gasteiger partial charge in [0, 0.05) is 26.7 Å². The number of rotatable bonds is 4. The number of nitrogens with zero attached hydrogens (tertiary/aromatic N) is 2. The highest BCUT2D eigenvalue weighted by Gasteiger charge is 2.35. The lowest BCUT2D eigenvalue weighted by molar-refractivity contribution is 0.299. The summed E-state index contributed by atoms with van der Waals surface area (Å²) in [4.78, 5) is 6.94. The van der Waals surface area contributed by atoms with Gasteiger partial charge in [-0.1, -0.05) is 12.8 Å². The summed E-state index contributed by atoms with van der Waals surface area (Å²) >= 11 is 1.92. The van der Waals surface area contributed by atoms with E-state index in [1.807, 2.05) is 18.8 Å². The molecule has 0 aromatic rings. The van der Waals surface area contributed by atoms with Crippen LogP contribution in [0, 0.1) is 11.8 Å². The second-order valence-electron chi connectivity index (χ2n) is 5.53. The van der Waals surface area contributed by atoms with Crippen molar-refractivity contribution in [3.63, 3.8) is 0 Å². The highest BCUT2D eigenvalue weighted by molar-refractivity contribution is 7.98. The molecule has 2 unspecified atom stereocenters. The van der Waals surface area contributed by atoms with Gasteiger partial charge in [-0.25, -0.2) is 0 Å². The molecule has 1 heterocycles. The number of hydrogen-bond acceptors (Lipinski definition) is 2. The number of guanidine groups is 1. The molecule has 1 saturated carbocycles. The third kappa shape index (κ3) is 3.56. The van der Waals surface area contributed by atoms with Gasteiger partial charge >= 0.3 is 0 Å². The lowest BCUT2D eigenvalue weighted by atomic mass is 9.82. The summed E-state index contributed by atoms with van der Waals surface area (Å²) in [7, 11) is 1.92. The molecule has 1 N–H and O–H groups in total. The lowest BCUT2D eigenvalue weighted by Crippen LogP contribution is -2.40. The van der Waals surface area contributed by atoms with Crippen molar-refractivity contribution < 1.29 is 0 Å². The van der Waals surface area contributed by atoms with Crippen LogP contribution in [-0.2, 0) is 0 Å². The van der Waals surface area contributed by atoms with Gasteiger partial charge < -0.3 is 10.2 Å². The Hall–Kier alpha value is -0.380. The maximum absolute atomic E-state index is 4.45. The van der Waals surface area contributed by atoms with E-state index in [0.717, 1.165) is 24.3 Å². The molecule has 0 spiro atoms. The molecule has 2 rings (SSSR count). The molecule has 0 bridgehead atoms. The summed E-state index contributed by atoms with van der Waals surface area (Å²) in [6.45, 7) is 3.51. The van der Waals surface area contributed by atoms with E-state index in [-0.39, 0.29) is 0 Å². The molecule has 2 aliphatic rings. The number of likely N-dealkylation sites (tertiary alicyclic amines) is 1.